The Balaban J connectivity index is 1.90. The van der Waals surface area contributed by atoms with Gasteiger partial charge in [-0.3, -0.25) is 4.79 Å². The Labute approximate surface area is 124 Å². The van der Waals surface area contributed by atoms with E-state index in [9.17, 15) is 13.2 Å². The molecule has 0 aliphatic carbocycles. The van der Waals surface area contributed by atoms with Crippen LogP contribution in [0.1, 0.15) is 23.7 Å². The van der Waals surface area contributed by atoms with Gasteiger partial charge >= 0.3 is 0 Å². The first-order chi connectivity index (χ1) is 9.99. The maximum absolute atomic E-state index is 12.1. The first kappa shape index (κ1) is 15.5. The molecule has 1 aromatic heterocycles. The summed E-state index contributed by atoms with van der Waals surface area (Å²) >= 11 is 0. The lowest BCUT2D eigenvalue weighted by Crippen LogP contribution is -2.25. The molecule has 0 atom stereocenters. The standard InChI is InChI=1S/C15H18N2O3S/c1-13(18)14-5-7-15(8-6-14)21(19,20)16-9-4-12-17-10-2-3-11-17/h2-3,5-8,10-11,16H,4,9,12H2,1H3. The van der Waals surface area contributed by atoms with Crippen molar-refractivity contribution >= 4 is 15.8 Å². The molecule has 1 N–H and O–H groups in total. The van der Waals surface area contributed by atoms with E-state index in [1.807, 2.05) is 29.1 Å². The Kier molecular flexibility index (Phi) is 4.93. The van der Waals surface area contributed by atoms with Gasteiger partial charge in [0.25, 0.3) is 0 Å². The molecule has 0 unspecified atom stereocenters. The molecule has 0 saturated carbocycles. The predicted molar refractivity (Wildman–Crippen MR) is 80.7 cm³/mol. The lowest BCUT2D eigenvalue weighted by atomic mass is 10.2. The summed E-state index contributed by atoms with van der Waals surface area (Å²) in [5, 5.41) is 0. The summed E-state index contributed by atoms with van der Waals surface area (Å²) in [6.45, 7) is 2.58. The Hall–Kier alpha value is -1.92. The van der Waals surface area contributed by atoms with Gasteiger partial charge in [-0.15, -0.1) is 0 Å². The lowest BCUT2D eigenvalue weighted by Gasteiger charge is -2.07. The summed E-state index contributed by atoms with van der Waals surface area (Å²) in [5.74, 6) is -0.0846. The normalized spacial score (nSPS) is 11.5. The molecule has 21 heavy (non-hydrogen) atoms. The van der Waals surface area contributed by atoms with Crippen LogP contribution in [0.2, 0.25) is 0 Å². The average Bonchev–Trinajstić information content (AvgIpc) is 2.97. The van der Waals surface area contributed by atoms with Gasteiger partial charge in [0.15, 0.2) is 5.78 Å². The summed E-state index contributed by atoms with van der Waals surface area (Å²) in [4.78, 5) is 11.3. The molecular formula is C15H18N2O3S. The van der Waals surface area contributed by atoms with Crippen molar-refractivity contribution in [2.24, 2.45) is 0 Å². The van der Waals surface area contributed by atoms with E-state index in [1.54, 1.807) is 0 Å². The van der Waals surface area contributed by atoms with Crippen molar-refractivity contribution < 1.29 is 13.2 Å². The van der Waals surface area contributed by atoms with Crippen LogP contribution in [0.5, 0.6) is 0 Å². The molecule has 112 valence electrons. The van der Waals surface area contributed by atoms with Crippen LogP contribution < -0.4 is 4.72 Å². The third kappa shape index (κ3) is 4.27. The van der Waals surface area contributed by atoms with E-state index in [0.29, 0.717) is 18.5 Å². The van der Waals surface area contributed by atoms with Gasteiger partial charge < -0.3 is 4.57 Å². The minimum absolute atomic E-state index is 0.0846. The zero-order valence-corrected chi connectivity index (χ0v) is 12.6. The number of aromatic nitrogens is 1. The maximum Gasteiger partial charge on any atom is 0.240 e. The van der Waals surface area contributed by atoms with Gasteiger partial charge in [0, 0.05) is 31.0 Å². The van der Waals surface area contributed by atoms with E-state index < -0.39 is 10.0 Å². The van der Waals surface area contributed by atoms with Crippen molar-refractivity contribution in [3.05, 3.63) is 54.4 Å². The third-order valence-corrected chi connectivity index (χ3v) is 4.60. The first-order valence-electron chi connectivity index (χ1n) is 6.70. The minimum atomic E-state index is -3.51. The monoisotopic (exact) mass is 306 g/mol. The highest BCUT2D eigenvalue weighted by atomic mass is 32.2. The number of carbonyl (C=O) groups is 1. The van der Waals surface area contributed by atoms with Crippen LogP contribution >= 0.6 is 0 Å². The number of aryl methyl sites for hydroxylation is 1. The second-order valence-electron chi connectivity index (χ2n) is 4.75. The highest BCUT2D eigenvalue weighted by Crippen LogP contribution is 2.11. The first-order valence-corrected chi connectivity index (χ1v) is 8.19. The molecule has 0 amide bonds. The molecule has 0 spiro atoms. The van der Waals surface area contributed by atoms with E-state index in [2.05, 4.69) is 4.72 Å². The van der Waals surface area contributed by atoms with E-state index in [-0.39, 0.29) is 10.7 Å². The SMILES string of the molecule is CC(=O)c1ccc(S(=O)(=O)NCCCn2cccc2)cc1. The molecule has 6 heteroatoms. The summed E-state index contributed by atoms with van der Waals surface area (Å²) in [5.41, 5.74) is 0.501. The van der Waals surface area contributed by atoms with Crippen LogP contribution in [0.4, 0.5) is 0 Å². The molecule has 1 heterocycles. The number of nitrogens with zero attached hydrogens (tertiary/aromatic N) is 1. The van der Waals surface area contributed by atoms with Crippen LogP contribution in [0.15, 0.2) is 53.7 Å². The van der Waals surface area contributed by atoms with Gasteiger partial charge in [0.1, 0.15) is 0 Å². The Morgan fingerprint density at radius 1 is 1.14 bits per heavy atom. The number of hydrogen-bond acceptors (Lipinski definition) is 3. The van der Waals surface area contributed by atoms with Crippen molar-refractivity contribution in [1.82, 2.24) is 9.29 Å². The van der Waals surface area contributed by atoms with Crippen LogP contribution in [-0.2, 0) is 16.6 Å². The zero-order chi connectivity index (χ0) is 15.3. The Bertz CT molecular complexity index is 689. The highest BCUT2D eigenvalue weighted by Gasteiger charge is 2.13. The van der Waals surface area contributed by atoms with Crippen LogP contribution in [0, 0.1) is 0 Å². The molecule has 5 nitrogen and oxygen atoms in total. The second kappa shape index (κ2) is 6.69. The summed E-state index contributed by atoms with van der Waals surface area (Å²) < 4.78 is 28.7. The second-order valence-corrected chi connectivity index (χ2v) is 6.52. The van der Waals surface area contributed by atoms with Crippen LogP contribution in [-0.4, -0.2) is 25.3 Å². The van der Waals surface area contributed by atoms with Crippen molar-refractivity contribution in [1.29, 1.82) is 0 Å². The van der Waals surface area contributed by atoms with Crippen LogP contribution in [0.3, 0.4) is 0 Å². The summed E-state index contributed by atoms with van der Waals surface area (Å²) in [7, 11) is -3.51. The smallest absolute Gasteiger partial charge is 0.240 e. The topological polar surface area (TPSA) is 68.2 Å². The number of ketones is 1. The van der Waals surface area contributed by atoms with Crippen LogP contribution in [0.25, 0.3) is 0 Å². The quantitative estimate of drug-likeness (QED) is 0.629. The fourth-order valence-electron chi connectivity index (χ4n) is 1.94. The number of nitrogens with one attached hydrogen (secondary N) is 1. The zero-order valence-electron chi connectivity index (χ0n) is 11.8. The van der Waals surface area contributed by atoms with Crippen molar-refractivity contribution in [2.45, 2.75) is 24.8 Å². The summed E-state index contributed by atoms with van der Waals surface area (Å²) in [6, 6.07) is 9.81. The van der Waals surface area contributed by atoms with E-state index in [0.717, 1.165) is 6.54 Å². The van der Waals surface area contributed by atoms with Gasteiger partial charge in [0.05, 0.1) is 4.90 Å². The molecule has 0 aliphatic rings. The van der Waals surface area contributed by atoms with Crippen molar-refractivity contribution in [3.63, 3.8) is 0 Å². The number of hydrogen-bond donors (Lipinski definition) is 1. The number of rotatable bonds is 7. The Morgan fingerprint density at radius 3 is 2.33 bits per heavy atom. The largest absolute Gasteiger partial charge is 0.354 e. The van der Waals surface area contributed by atoms with Gasteiger partial charge in [-0.25, -0.2) is 13.1 Å². The van der Waals surface area contributed by atoms with Gasteiger partial charge in [0.2, 0.25) is 10.0 Å². The predicted octanol–water partition coefficient (Wildman–Crippen LogP) is 2.06. The molecular weight excluding hydrogens is 288 g/mol. The lowest BCUT2D eigenvalue weighted by molar-refractivity contribution is 0.101. The molecule has 1 aromatic carbocycles. The van der Waals surface area contributed by atoms with Gasteiger partial charge in [-0.2, -0.15) is 0 Å². The molecule has 0 aliphatic heterocycles. The highest BCUT2D eigenvalue weighted by molar-refractivity contribution is 7.89. The maximum atomic E-state index is 12.1. The Morgan fingerprint density at radius 2 is 1.76 bits per heavy atom. The average molecular weight is 306 g/mol. The summed E-state index contributed by atoms with van der Waals surface area (Å²) in [6.07, 6.45) is 4.59. The molecule has 0 bridgehead atoms. The minimum Gasteiger partial charge on any atom is -0.354 e. The van der Waals surface area contributed by atoms with Crippen molar-refractivity contribution in [3.8, 4) is 0 Å². The molecule has 0 fully saturated rings. The number of sulfonamides is 1. The molecule has 0 radical (unpaired) electrons. The third-order valence-electron chi connectivity index (χ3n) is 3.12. The molecule has 2 aromatic rings. The number of benzene rings is 1. The fourth-order valence-corrected chi connectivity index (χ4v) is 3.01. The van der Waals surface area contributed by atoms with E-state index in [4.69, 9.17) is 0 Å². The van der Waals surface area contributed by atoms with Gasteiger partial charge in [-0.1, -0.05) is 12.1 Å². The molecule has 0 saturated heterocycles. The van der Waals surface area contributed by atoms with E-state index in [1.165, 1.54) is 31.2 Å². The van der Waals surface area contributed by atoms with Crippen molar-refractivity contribution in [2.75, 3.05) is 6.54 Å². The molecule has 2 rings (SSSR count). The number of Topliss-reactive ketones (excluding diaryl/α,β-unsaturated/α-hetero) is 1. The fraction of sp³-hybridized carbons (Fsp3) is 0.267. The van der Waals surface area contributed by atoms with Gasteiger partial charge in [-0.05, 0) is 37.6 Å². The number of carbonyl (C=O) groups excluding carboxylic acids is 1. The van der Waals surface area contributed by atoms with E-state index >= 15 is 0 Å².